The van der Waals surface area contributed by atoms with Gasteiger partial charge < -0.3 is 15.4 Å². The normalized spacial score (nSPS) is 14.4. The van der Waals surface area contributed by atoms with Crippen LogP contribution in [0.5, 0.6) is 0 Å². The number of nitrogens with two attached hydrogens (primary N) is 1. The molecule has 1 aromatic heterocycles. The molecule has 0 aliphatic rings. The van der Waals surface area contributed by atoms with Crippen LogP contribution in [0.15, 0.2) is 18.3 Å². The van der Waals surface area contributed by atoms with Crippen molar-refractivity contribution in [1.82, 2.24) is 4.98 Å². The molecule has 0 aromatic carbocycles. The van der Waals surface area contributed by atoms with Gasteiger partial charge in [0.2, 0.25) is 0 Å². The van der Waals surface area contributed by atoms with E-state index in [0.29, 0.717) is 12.6 Å². The molecule has 2 N–H and O–H groups in total. The Bertz CT molecular complexity index is 326. The van der Waals surface area contributed by atoms with E-state index < -0.39 is 0 Å². The number of aromatic nitrogens is 1. The lowest BCUT2D eigenvalue weighted by molar-refractivity contribution is 0.183. The number of methoxy groups -OCH3 is 1. The summed E-state index contributed by atoms with van der Waals surface area (Å²) in [6, 6.07) is 4.42. The van der Waals surface area contributed by atoms with Crippen molar-refractivity contribution >= 4 is 5.69 Å². The molecule has 0 amide bonds. The van der Waals surface area contributed by atoms with Crippen molar-refractivity contribution in [2.24, 2.45) is 5.73 Å². The maximum absolute atomic E-state index is 5.93. The second kappa shape index (κ2) is 6.57. The van der Waals surface area contributed by atoms with Crippen LogP contribution >= 0.6 is 0 Å². The average Bonchev–Trinajstić information content (AvgIpc) is 2.37. The van der Waals surface area contributed by atoms with Crippen LogP contribution in [0, 0.1) is 0 Å². The zero-order valence-corrected chi connectivity index (χ0v) is 11.2. The largest absolute Gasteiger partial charge is 0.383 e. The molecule has 4 heteroatoms. The van der Waals surface area contributed by atoms with Crippen molar-refractivity contribution in [3.8, 4) is 0 Å². The van der Waals surface area contributed by atoms with E-state index in [2.05, 4.69) is 29.8 Å². The zero-order valence-electron chi connectivity index (χ0n) is 11.2. The molecule has 1 rings (SSSR count). The van der Waals surface area contributed by atoms with Crippen LogP contribution < -0.4 is 10.6 Å². The average molecular weight is 237 g/mol. The minimum absolute atomic E-state index is 0.0331. The van der Waals surface area contributed by atoms with Gasteiger partial charge in [-0.1, -0.05) is 6.92 Å². The second-order valence-electron chi connectivity index (χ2n) is 4.37. The van der Waals surface area contributed by atoms with Crippen LogP contribution in [-0.4, -0.2) is 31.8 Å². The first-order valence-corrected chi connectivity index (χ1v) is 6.03. The summed E-state index contributed by atoms with van der Waals surface area (Å²) < 4.78 is 5.14. The topological polar surface area (TPSA) is 51.4 Å². The van der Waals surface area contributed by atoms with Crippen LogP contribution in [0.1, 0.15) is 32.0 Å². The Hall–Kier alpha value is -1.13. The summed E-state index contributed by atoms with van der Waals surface area (Å²) in [5.74, 6) is 0. The lowest BCUT2D eigenvalue weighted by atomic mass is 10.1. The van der Waals surface area contributed by atoms with Crippen LogP contribution in [0.2, 0.25) is 0 Å². The lowest BCUT2D eigenvalue weighted by Gasteiger charge is -2.26. The first kappa shape index (κ1) is 13.9. The van der Waals surface area contributed by atoms with E-state index in [1.54, 1.807) is 7.11 Å². The summed E-state index contributed by atoms with van der Waals surface area (Å²) in [4.78, 5) is 6.56. The molecule has 0 aliphatic carbocycles. The van der Waals surface area contributed by atoms with Gasteiger partial charge in [0.15, 0.2) is 0 Å². The Morgan fingerprint density at radius 2 is 2.18 bits per heavy atom. The minimum Gasteiger partial charge on any atom is -0.383 e. The van der Waals surface area contributed by atoms with Crippen molar-refractivity contribution in [2.45, 2.75) is 32.4 Å². The van der Waals surface area contributed by atoms with Gasteiger partial charge in [-0.25, -0.2) is 0 Å². The molecule has 0 saturated heterocycles. The van der Waals surface area contributed by atoms with Crippen molar-refractivity contribution < 1.29 is 4.74 Å². The smallest absolute Gasteiger partial charge is 0.0663 e. The van der Waals surface area contributed by atoms with E-state index in [1.165, 1.54) is 0 Å². The number of ether oxygens (including phenoxy) is 1. The molecule has 1 heterocycles. The van der Waals surface area contributed by atoms with Crippen molar-refractivity contribution in [1.29, 1.82) is 0 Å². The quantitative estimate of drug-likeness (QED) is 0.821. The Morgan fingerprint density at radius 3 is 2.65 bits per heavy atom. The molecule has 2 unspecified atom stereocenters. The summed E-state index contributed by atoms with van der Waals surface area (Å²) in [6.07, 6.45) is 2.78. The fourth-order valence-corrected chi connectivity index (χ4v) is 1.64. The molecule has 0 radical (unpaired) electrons. The molecule has 17 heavy (non-hydrogen) atoms. The van der Waals surface area contributed by atoms with Crippen LogP contribution in [0.3, 0.4) is 0 Å². The molecule has 2 atom stereocenters. The zero-order chi connectivity index (χ0) is 12.8. The van der Waals surface area contributed by atoms with Gasteiger partial charge >= 0.3 is 0 Å². The van der Waals surface area contributed by atoms with Gasteiger partial charge in [0.05, 0.1) is 24.2 Å². The summed E-state index contributed by atoms with van der Waals surface area (Å²) in [5, 5.41) is 0. The summed E-state index contributed by atoms with van der Waals surface area (Å²) in [7, 11) is 3.76. The first-order chi connectivity index (χ1) is 8.10. The third kappa shape index (κ3) is 3.68. The number of rotatable bonds is 6. The number of likely N-dealkylation sites (N-methyl/N-ethyl adjacent to an activating group) is 1. The number of hydrogen-bond donors (Lipinski definition) is 1. The number of anilines is 1. The monoisotopic (exact) mass is 237 g/mol. The number of hydrogen-bond acceptors (Lipinski definition) is 4. The Labute approximate surface area is 104 Å². The van der Waals surface area contributed by atoms with Gasteiger partial charge in [0, 0.05) is 26.2 Å². The fourth-order valence-electron chi connectivity index (χ4n) is 1.64. The molecular formula is C13H23N3O. The van der Waals surface area contributed by atoms with Gasteiger partial charge in [0.25, 0.3) is 0 Å². The van der Waals surface area contributed by atoms with Crippen molar-refractivity contribution in [2.75, 3.05) is 25.7 Å². The molecular weight excluding hydrogens is 214 g/mol. The van der Waals surface area contributed by atoms with Crippen molar-refractivity contribution in [3.05, 3.63) is 24.0 Å². The molecule has 96 valence electrons. The standard InChI is InChI=1S/C13H23N3O/c1-5-12(14)13-7-6-11(8-15-13)16(3)10(2)9-17-4/h6-8,10,12H,5,9,14H2,1-4H3. The predicted molar refractivity (Wildman–Crippen MR) is 71.2 cm³/mol. The highest BCUT2D eigenvalue weighted by Gasteiger charge is 2.11. The Morgan fingerprint density at radius 1 is 1.47 bits per heavy atom. The van der Waals surface area contributed by atoms with Gasteiger partial charge in [-0.2, -0.15) is 0 Å². The highest BCUT2D eigenvalue weighted by molar-refractivity contribution is 5.44. The van der Waals surface area contributed by atoms with E-state index in [4.69, 9.17) is 10.5 Å². The van der Waals surface area contributed by atoms with Gasteiger partial charge in [-0.05, 0) is 25.5 Å². The number of nitrogens with zero attached hydrogens (tertiary/aromatic N) is 2. The van der Waals surface area contributed by atoms with Crippen LogP contribution in [0.25, 0.3) is 0 Å². The van der Waals surface area contributed by atoms with Gasteiger partial charge in [-0.15, -0.1) is 0 Å². The molecule has 1 aromatic rings. The summed E-state index contributed by atoms with van der Waals surface area (Å²) in [5.41, 5.74) is 7.96. The maximum atomic E-state index is 5.93. The van der Waals surface area contributed by atoms with Crippen LogP contribution in [-0.2, 0) is 4.74 Å². The summed E-state index contributed by atoms with van der Waals surface area (Å²) >= 11 is 0. The third-order valence-electron chi connectivity index (χ3n) is 3.07. The van der Waals surface area contributed by atoms with E-state index in [1.807, 2.05) is 19.3 Å². The molecule has 0 saturated carbocycles. The van der Waals surface area contributed by atoms with E-state index in [-0.39, 0.29) is 6.04 Å². The molecule has 0 fully saturated rings. The maximum Gasteiger partial charge on any atom is 0.0663 e. The lowest BCUT2D eigenvalue weighted by Crippen LogP contribution is -2.32. The molecule has 0 aliphatic heterocycles. The third-order valence-corrected chi connectivity index (χ3v) is 3.07. The second-order valence-corrected chi connectivity index (χ2v) is 4.37. The summed E-state index contributed by atoms with van der Waals surface area (Å²) in [6.45, 7) is 4.88. The SMILES string of the molecule is CCC(N)c1ccc(N(C)C(C)COC)cn1. The molecule has 4 nitrogen and oxygen atoms in total. The van der Waals surface area contributed by atoms with E-state index in [0.717, 1.165) is 17.8 Å². The van der Waals surface area contributed by atoms with Gasteiger partial charge in [-0.3, -0.25) is 4.98 Å². The van der Waals surface area contributed by atoms with Gasteiger partial charge in [0.1, 0.15) is 0 Å². The molecule has 0 spiro atoms. The van der Waals surface area contributed by atoms with Crippen LogP contribution in [0.4, 0.5) is 5.69 Å². The van der Waals surface area contributed by atoms with E-state index >= 15 is 0 Å². The predicted octanol–water partition coefficient (Wildman–Crippen LogP) is 1.96. The number of pyridine rings is 1. The fraction of sp³-hybridized carbons (Fsp3) is 0.615. The highest BCUT2D eigenvalue weighted by Crippen LogP contribution is 2.17. The molecule has 0 bridgehead atoms. The van der Waals surface area contributed by atoms with E-state index in [9.17, 15) is 0 Å². The minimum atomic E-state index is 0.0331. The Balaban J connectivity index is 2.73. The van der Waals surface area contributed by atoms with Crippen molar-refractivity contribution in [3.63, 3.8) is 0 Å². The first-order valence-electron chi connectivity index (χ1n) is 6.03. The highest BCUT2D eigenvalue weighted by atomic mass is 16.5. The Kier molecular flexibility index (Phi) is 5.38.